The summed E-state index contributed by atoms with van der Waals surface area (Å²) in [6, 6.07) is 7.87. The van der Waals surface area contributed by atoms with Gasteiger partial charge in [-0.15, -0.1) is 0 Å². The van der Waals surface area contributed by atoms with E-state index in [1.54, 1.807) is 6.20 Å². The number of rotatable bonds is 5. The van der Waals surface area contributed by atoms with Crippen LogP contribution in [0.15, 0.2) is 49.1 Å². The van der Waals surface area contributed by atoms with Gasteiger partial charge in [0.2, 0.25) is 5.91 Å². The van der Waals surface area contributed by atoms with E-state index in [9.17, 15) is 4.79 Å². The smallest absolute Gasteiger partial charge is 0.228 e. The summed E-state index contributed by atoms with van der Waals surface area (Å²) in [4.78, 5) is 27.9. The number of imidazole rings is 1. The van der Waals surface area contributed by atoms with Gasteiger partial charge in [-0.05, 0) is 57.5 Å². The van der Waals surface area contributed by atoms with Crippen molar-refractivity contribution >= 4 is 11.6 Å². The molecule has 2 aromatic heterocycles. The van der Waals surface area contributed by atoms with Crippen molar-refractivity contribution in [3.63, 3.8) is 0 Å². The van der Waals surface area contributed by atoms with Crippen molar-refractivity contribution in [1.29, 1.82) is 0 Å². The summed E-state index contributed by atoms with van der Waals surface area (Å²) in [5, 5.41) is 3.08. The molecule has 1 aliphatic heterocycles. The van der Waals surface area contributed by atoms with Crippen LogP contribution in [0, 0.1) is 19.8 Å². The van der Waals surface area contributed by atoms with Gasteiger partial charge in [0, 0.05) is 54.8 Å². The van der Waals surface area contributed by atoms with E-state index in [0.717, 1.165) is 61.1 Å². The molecule has 0 bridgehead atoms. The molecule has 150 valence electrons. The van der Waals surface area contributed by atoms with E-state index in [0.29, 0.717) is 0 Å². The number of nitrogens with one attached hydrogen (secondary N) is 1. The predicted molar refractivity (Wildman–Crippen MR) is 112 cm³/mol. The summed E-state index contributed by atoms with van der Waals surface area (Å²) in [6.45, 7) is 6.38. The Morgan fingerprint density at radius 2 is 1.90 bits per heavy atom. The van der Waals surface area contributed by atoms with Crippen molar-refractivity contribution < 1.29 is 4.79 Å². The zero-order valence-electron chi connectivity index (χ0n) is 16.9. The van der Waals surface area contributed by atoms with E-state index >= 15 is 0 Å². The predicted octanol–water partition coefficient (Wildman–Crippen LogP) is 3.13. The average molecular weight is 390 g/mol. The number of aryl methyl sites for hydroxylation is 2. The Kier molecular flexibility index (Phi) is 5.67. The van der Waals surface area contributed by atoms with Crippen molar-refractivity contribution in [2.45, 2.75) is 33.2 Å². The lowest BCUT2D eigenvalue weighted by molar-refractivity contribution is -0.121. The molecule has 1 atom stereocenters. The van der Waals surface area contributed by atoms with Gasteiger partial charge in [-0.1, -0.05) is 0 Å². The Morgan fingerprint density at radius 1 is 1.14 bits per heavy atom. The van der Waals surface area contributed by atoms with Crippen molar-refractivity contribution in [3.8, 4) is 5.69 Å². The highest BCUT2D eigenvalue weighted by molar-refractivity contribution is 5.92. The number of carbonyl (C=O) groups excluding carboxylic acids is 1. The van der Waals surface area contributed by atoms with Gasteiger partial charge in [0.25, 0.3) is 0 Å². The number of carbonyl (C=O) groups is 1. The standard InChI is InChI=1S/C22H26N6O/c1-16-24-12-18(13-25-16)14-27-10-3-4-19(15-27)22(29)26-20-5-7-21(8-6-20)28-11-9-23-17(28)2/h5-9,11-13,19H,3-4,10,14-15H2,1-2H3,(H,26,29)/t19-/m0/s1. The first-order chi connectivity index (χ1) is 14.1. The van der Waals surface area contributed by atoms with Gasteiger partial charge in [0.1, 0.15) is 11.6 Å². The van der Waals surface area contributed by atoms with Crippen LogP contribution in [0.5, 0.6) is 0 Å². The zero-order chi connectivity index (χ0) is 20.2. The van der Waals surface area contributed by atoms with Crippen LogP contribution in [0.1, 0.15) is 30.1 Å². The third-order valence-corrected chi connectivity index (χ3v) is 5.36. The second kappa shape index (κ2) is 8.53. The highest BCUT2D eigenvalue weighted by Crippen LogP contribution is 2.21. The topological polar surface area (TPSA) is 75.9 Å². The normalized spacial score (nSPS) is 17.2. The van der Waals surface area contributed by atoms with Gasteiger partial charge in [0.15, 0.2) is 0 Å². The zero-order valence-corrected chi connectivity index (χ0v) is 16.9. The number of nitrogens with zero attached hydrogens (tertiary/aromatic N) is 5. The van der Waals surface area contributed by atoms with Gasteiger partial charge in [-0.3, -0.25) is 9.69 Å². The van der Waals surface area contributed by atoms with Crippen LogP contribution in [0.4, 0.5) is 5.69 Å². The fraction of sp³-hybridized carbons (Fsp3) is 0.364. The number of hydrogen-bond donors (Lipinski definition) is 1. The van der Waals surface area contributed by atoms with Crippen LogP contribution in [-0.4, -0.2) is 43.4 Å². The molecule has 1 amide bonds. The molecule has 0 spiro atoms. The first-order valence-corrected chi connectivity index (χ1v) is 9.99. The van der Waals surface area contributed by atoms with Gasteiger partial charge in [0.05, 0.1) is 5.92 Å². The molecular weight excluding hydrogens is 364 g/mol. The lowest BCUT2D eigenvalue weighted by Gasteiger charge is -2.31. The number of benzene rings is 1. The summed E-state index contributed by atoms with van der Waals surface area (Å²) in [5.74, 6) is 1.79. The van der Waals surface area contributed by atoms with Crippen molar-refractivity contribution in [3.05, 3.63) is 66.3 Å². The Morgan fingerprint density at radius 3 is 2.59 bits per heavy atom. The van der Waals surface area contributed by atoms with Crippen LogP contribution in [-0.2, 0) is 11.3 Å². The monoisotopic (exact) mass is 390 g/mol. The minimum absolute atomic E-state index is 0.00862. The van der Waals surface area contributed by atoms with E-state index < -0.39 is 0 Å². The minimum atomic E-state index is -0.00862. The third kappa shape index (κ3) is 4.68. The number of amides is 1. The third-order valence-electron chi connectivity index (χ3n) is 5.36. The number of anilines is 1. The van der Waals surface area contributed by atoms with Gasteiger partial charge in [-0.25, -0.2) is 15.0 Å². The molecular formula is C22H26N6O. The Hall–Kier alpha value is -3.06. The molecule has 1 aliphatic rings. The summed E-state index contributed by atoms with van der Waals surface area (Å²) in [6.07, 6.45) is 9.38. The van der Waals surface area contributed by atoms with Gasteiger partial charge < -0.3 is 9.88 Å². The lowest BCUT2D eigenvalue weighted by atomic mass is 9.96. The van der Waals surface area contributed by atoms with Crippen LogP contribution in [0.3, 0.4) is 0 Å². The number of likely N-dealkylation sites (tertiary alicyclic amines) is 1. The van der Waals surface area contributed by atoms with Crippen LogP contribution in [0.2, 0.25) is 0 Å². The molecule has 1 aromatic carbocycles. The maximum Gasteiger partial charge on any atom is 0.228 e. The Balaban J connectivity index is 1.35. The van der Waals surface area contributed by atoms with E-state index in [1.165, 1.54) is 0 Å². The summed E-state index contributed by atoms with van der Waals surface area (Å²) in [5.41, 5.74) is 2.93. The van der Waals surface area contributed by atoms with Crippen molar-refractivity contribution in [2.24, 2.45) is 5.92 Å². The molecule has 1 N–H and O–H groups in total. The summed E-state index contributed by atoms with van der Waals surface area (Å²) >= 11 is 0. The molecule has 0 aliphatic carbocycles. The lowest BCUT2D eigenvalue weighted by Crippen LogP contribution is -2.40. The number of hydrogen-bond acceptors (Lipinski definition) is 5. The van der Waals surface area contributed by atoms with Crippen LogP contribution >= 0.6 is 0 Å². The quantitative estimate of drug-likeness (QED) is 0.724. The highest BCUT2D eigenvalue weighted by Gasteiger charge is 2.26. The summed E-state index contributed by atoms with van der Waals surface area (Å²) in [7, 11) is 0. The first kappa shape index (κ1) is 19.3. The maximum atomic E-state index is 12.8. The second-order valence-electron chi connectivity index (χ2n) is 7.59. The van der Waals surface area contributed by atoms with E-state index in [1.807, 2.05) is 61.3 Å². The fourth-order valence-corrected chi connectivity index (χ4v) is 3.77. The van der Waals surface area contributed by atoms with Gasteiger partial charge in [-0.2, -0.15) is 0 Å². The SMILES string of the molecule is Cc1ncc(CN2CCC[C@H](C(=O)Nc3ccc(-n4ccnc4C)cc3)C2)cn1. The number of piperidine rings is 1. The molecule has 3 aromatic rings. The maximum absolute atomic E-state index is 12.8. The molecule has 0 unspecified atom stereocenters. The minimum Gasteiger partial charge on any atom is -0.326 e. The van der Waals surface area contributed by atoms with E-state index in [2.05, 4.69) is 25.2 Å². The van der Waals surface area contributed by atoms with E-state index in [4.69, 9.17) is 0 Å². The molecule has 29 heavy (non-hydrogen) atoms. The average Bonchev–Trinajstić information content (AvgIpc) is 3.16. The molecule has 7 heteroatoms. The van der Waals surface area contributed by atoms with Crippen LogP contribution < -0.4 is 5.32 Å². The molecule has 1 fully saturated rings. The molecule has 3 heterocycles. The fourth-order valence-electron chi connectivity index (χ4n) is 3.77. The van der Waals surface area contributed by atoms with Gasteiger partial charge >= 0.3 is 0 Å². The second-order valence-corrected chi connectivity index (χ2v) is 7.59. The molecule has 0 saturated carbocycles. The first-order valence-electron chi connectivity index (χ1n) is 9.99. The van der Waals surface area contributed by atoms with Crippen LogP contribution in [0.25, 0.3) is 5.69 Å². The molecule has 7 nitrogen and oxygen atoms in total. The molecule has 1 saturated heterocycles. The largest absolute Gasteiger partial charge is 0.326 e. The Bertz CT molecular complexity index is 964. The highest BCUT2D eigenvalue weighted by atomic mass is 16.1. The Labute approximate surface area is 170 Å². The molecule has 0 radical (unpaired) electrons. The molecule has 4 rings (SSSR count). The summed E-state index contributed by atoms with van der Waals surface area (Å²) < 4.78 is 2.01. The van der Waals surface area contributed by atoms with Crippen molar-refractivity contribution in [1.82, 2.24) is 24.4 Å². The van der Waals surface area contributed by atoms with E-state index in [-0.39, 0.29) is 11.8 Å². The number of aromatic nitrogens is 4. The van der Waals surface area contributed by atoms with Crippen molar-refractivity contribution in [2.75, 3.05) is 18.4 Å².